The summed E-state index contributed by atoms with van der Waals surface area (Å²) >= 11 is 0. The van der Waals surface area contributed by atoms with E-state index >= 15 is 0 Å². The molecule has 0 fully saturated rings. The number of allylic oxidation sites excluding steroid dienone is 1. The molecule has 1 N–H and O–H groups in total. The van der Waals surface area contributed by atoms with Crippen LogP contribution in [0.2, 0.25) is 0 Å². The van der Waals surface area contributed by atoms with Gasteiger partial charge in [0.2, 0.25) is 0 Å². The third-order valence-electron chi connectivity index (χ3n) is 4.65. The van der Waals surface area contributed by atoms with Gasteiger partial charge in [0.15, 0.2) is 0 Å². The van der Waals surface area contributed by atoms with E-state index < -0.39 is 0 Å². The summed E-state index contributed by atoms with van der Waals surface area (Å²) in [4.78, 5) is 12.2. The van der Waals surface area contributed by atoms with Gasteiger partial charge in [0.05, 0.1) is 0 Å². The van der Waals surface area contributed by atoms with Crippen LogP contribution in [0.1, 0.15) is 103 Å². The normalized spacial score (nSPS) is 12.3. The Morgan fingerprint density at radius 3 is 1.96 bits per heavy atom. The minimum Gasteiger partial charge on any atom is -0.396 e. The second-order valence-electron chi connectivity index (χ2n) is 6.81. The summed E-state index contributed by atoms with van der Waals surface area (Å²) in [5.41, 5.74) is 0. The summed E-state index contributed by atoms with van der Waals surface area (Å²) in [5, 5.41) is 8.73. The van der Waals surface area contributed by atoms with Crippen molar-refractivity contribution in [1.82, 2.24) is 0 Å². The van der Waals surface area contributed by atoms with Gasteiger partial charge in [-0.2, -0.15) is 0 Å². The minimum absolute atomic E-state index is 0.0764. The number of aliphatic hydroxyl groups is 1. The van der Waals surface area contributed by atoms with Crippen molar-refractivity contribution in [3.8, 4) is 0 Å². The van der Waals surface area contributed by atoms with Crippen LogP contribution >= 0.6 is 0 Å². The molecule has 0 aromatic carbocycles. The van der Waals surface area contributed by atoms with Crippen LogP contribution < -0.4 is 0 Å². The Hall–Kier alpha value is -0.630. The molecule has 0 saturated carbocycles. The maximum Gasteiger partial charge on any atom is 0.139 e. The zero-order chi connectivity index (χ0) is 17.2. The molecular formula is C21H40O2. The van der Waals surface area contributed by atoms with E-state index in [2.05, 4.69) is 13.5 Å². The number of aliphatic hydroxyl groups excluding tert-OH is 1. The van der Waals surface area contributed by atoms with Crippen molar-refractivity contribution in [3.05, 3.63) is 12.7 Å². The van der Waals surface area contributed by atoms with E-state index in [0.29, 0.717) is 12.4 Å². The smallest absolute Gasteiger partial charge is 0.139 e. The molecule has 136 valence electrons. The van der Waals surface area contributed by atoms with E-state index in [1.165, 1.54) is 57.8 Å². The molecule has 1 atom stereocenters. The van der Waals surface area contributed by atoms with Gasteiger partial charge in [-0.25, -0.2) is 0 Å². The number of carbonyl (C=O) groups excluding carboxylic acids is 1. The second kappa shape index (κ2) is 17.7. The first-order valence-corrected chi connectivity index (χ1v) is 10.0. The van der Waals surface area contributed by atoms with Crippen LogP contribution in [-0.2, 0) is 4.79 Å². The maximum atomic E-state index is 12.2. The van der Waals surface area contributed by atoms with Crippen LogP contribution in [0.15, 0.2) is 12.7 Å². The maximum absolute atomic E-state index is 12.2. The number of ketones is 1. The quantitative estimate of drug-likeness (QED) is 0.240. The number of carbonyl (C=O) groups is 1. The zero-order valence-corrected chi connectivity index (χ0v) is 15.5. The van der Waals surface area contributed by atoms with E-state index in [1.54, 1.807) is 0 Å². The fraction of sp³-hybridized carbons (Fsp3) is 0.857. The third kappa shape index (κ3) is 14.7. The molecule has 0 aliphatic rings. The molecule has 0 rings (SSSR count). The Bertz CT molecular complexity index is 273. The van der Waals surface area contributed by atoms with Crippen LogP contribution in [0.3, 0.4) is 0 Å². The SMILES string of the molecule is C=CC(CCCCCCCCO)C(=O)CCCCCCCCC. The van der Waals surface area contributed by atoms with E-state index in [-0.39, 0.29) is 5.92 Å². The van der Waals surface area contributed by atoms with Gasteiger partial charge in [0.1, 0.15) is 5.78 Å². The van der Waals surface area contributed by atoms with Gasteiger partial charge >= 0.3 is 0 Å². The van der Waals surface area contributed by atoms with Gasteiger partial charge < -0.3 is 5.11 Å². The summed E-state index contributed by atoms with van der Waals surface area (Å²) in [6.45, 7) is 6.40. The van der Waals surface area contributed by atoms with Crippen LogP contribution in [0.5, 0.6) is 0 Å². The van der Waals surface area contributed by atoms with Gasteiger partial charge in [-0.1, -0.05) is 83.6 Å². The van der Waals surface area contributed by atoms with E-state index in [9.17, 15) is 4.79 Å². The number of unbranched alkanes of at least 4 members (excludes halogenated alkanes) is 11. The lowest BCUT2D eigenvalue weighted by molar-refractivity contribution is -0.121. The zero-order valence-electron chi connectivity index (χ0n) is 15.5. The van der Waals surface area contributed by atoms with Crippen LogP contribution in [0.4, 0.5) is 0 Å². The fourth-order valence-electron chi connectivity index (χ4n) is 3.04. The average Bonchev–Trinajstić information content (AvgIpc) is 2.56. The molecule has 2 heteroatoms. The highest BCUT2D eigenvalue weighted by atomic mass is 16.2. The van der Waals surface area contributed by atoms with E-state index in [0.717, 1.165) is 38.5 Å². The molecule has 1 unspecified atom stereocenters. The minimum atomic E-state index is 0.0764. The first-order chi connectivity index (χ1) is 11.3. The molecule has 23 heavy (non-hydrogen) atoms. The highest BCUT2D eigenvalue weighted by Crippen LogP contribution is 2.17. The molecular weight excluding hydrogens is 284 g/mol. The van der Waals surface area contributed by atoms with Crippen molar-refractivity contribution >= 4 is 5.78 Å². The summed E-state index contributed by atoms with van der Waals surface area (Å²) in [5.74, 6) is 0.473. The van der Waals surface area contributed by atoms with E-state index in [4.69, 9.17) is 5.11 Å². The van der Waals surface area contributed by atoms with Crippen molar-refractivity contribution in [2.45, 2.75) is 103 Å². The van der Waals surface area contributed by atoms with Crippen molar-refractivity contribution in [2.75, 3.05) is 6.61 Å². The van der Waals surface area contributed by atoms with Gasteiger partial charge in [-0.15, -0.1) is 6.58 Å². The monoisotopic (exact) mass is 324 g/mol. The number of rotatable bonds is 18. The first kappa shape index (κ1) is 22.4. The van der Waals surface area contributed by atoms with Gasteiger partial charge in [-0.3, -0.25) is 4.79 Å². The molecule has 0 bridgehead atoms. The topological polar surface area (TPSA) is 37.3 Å². The summed E-state index contributed by atoms with van der Waals surface area (Å²) in [6.07, 6.45) is 19.2. The lowest BCUT2D eigenvalue weighted by Crippen LogP contribution is -2.11. The summed E-state index contributed by atoms with van der Waals surface area (Å²) in [6, 6.07) is 0. The molecule has 2 nitrogen and oxygen atoms in total. The Morgan fingerprint density at radius 1 is 0.870 bits per heavy atom. The first-order valence-electron chi connectivity index (χ1n) is 10.0. The van der Waals surface area contributed by atoms with Gasteiger partial charge in [-0.05, 0) is 19.3 Å². The predicted molar refractivity (Wildman–Crippen MR) is 101 cm³/mol. The molecule has 0 saturated heterocycles. The van der Waals surface area contributed by atoms with Crippen LogP contribution in [-0.4, -0.2) is 17.5 Å². The van der Waals surface area contributed by atoms with Gasteiger partial charge in [0, 0.05) is 18.9 Å². The number of Topliss-reactive ketones (excluding diaryl/α,β-unsaturated/α-hetero) is 1. The highest BCUT2D eigenvalue weighted by molar-refractivity contribution is 5.82. The van der Waals surface area contributed by atoms with Crippen LogP contribution in [0, 0.1) is 5.92 Å². The summed E-state index contributed by atoms with van der Waals surface area (Å²) < 4.78 is 0. The van der Waals surface area contributed by atoms with Crippen molar-refractivity contribution in [1.29, 1.82) is 0 Å². The average molecular weight is 325 g/mol. The lowest BCUT2D eigenvalue weighted by Gasteiger charge is -2.11. The Kier molecular flexibility index (Phi) is 17.2. The Labute approximate surface area is 144 Å². The fourth-order valence-corrected chi connectivity index (χ4v) is 3.04. The van der Waals surface area contributed by atoms with Gasteiger partial charge in [0.25, 0.3) is 0 Å². The van der Waals surface area contributed by atoms with Crippen molar-refractivity contribution in [2.24, 2.45) is 5.92 Å². The third-order valence-corrected chi connectivity index (χ3v) is 4.65. The largest absolute Gasteiger partial charge is 0.396 e. The lowest BCUT2D eigenvalue weighted by atomic mass is 9.93. The number of hydrogen-bond acceptors (Lipinski definition) is 2. The molecule has 0 aliphatic carbocycles. The molecule has 0 radical (unpaired) electrons. The molecule has 0 aliphatic heterocycles. The summed E-state index contributed by atoms with van der Waals surface area (Å²) in [7, 11) is 0. The standard InChI is InChI=1S/C21H40O2/c1-3-5-6-7-8-12-15-18-21(23)20(4-2)17-14-11-9-10-13-16-19-22/h4,20,22H,2-3,5-19H2,1H3. The van der Waals surface area contributed by atoms with E-state index in [1.807, 2.05) is 6.08 Å². The Balaban J connectivity index is 3.56. The second-order valence-corrected chi connectivity index (χ2v) is 6.81. The molecule has 0 amide bonds. The molecule has 0 spiro atoms. The van der Waals surface area contributed by atoms with Crippen molar-refractivity contribution in [3.63, 3.8) is 0 Å². The molecule has 0 aromatic rings. The van der Waals surface area contributed by atoms with Crippen molar-refractivity contribution < 1.29 is 9.90 Å². The highest BCUT2D eigenvalue weighted by Gasteiger charge is 2.13. The molecule has 0 aromatic heterocycles. The number of hydrogen-bond donors (Lipinski definition) is 1. The molecule has 0 heterocycles. The Morgan fingerprint density at radius 2 is 1.39 bits per heavy atom. The van der Waals surface area contributed by atoms with Crippen LogP contribution in [0.25, 0.3) is 0 Å². The predicted octanol–water partition coefficient (Wildman–Crippen LogP) is 6.22.